The number of methoxy groups -OCH3 is 1. The minimum absolute atomic E-state index is 0.0329. The molecule has 3 rings (SSSR count). The molecule has 4 nitrogen and oxygen atoms in total. The minimum atomic E-state index is -0.0329. The number of fused-ring (bicyclic) bond motifs is 1. The van der Waals surface area contributed by atoms with Crippen LogP contribution in [-0.4, -0.2) is 19.6 Å². The monoisotopic (exact) mass is 268 g/mol. The number of nitrogen functional groups attached to an aromatic ring is 1. The van der Waals surface area contributed by atoms with Crippen molar-refractivity contribution in [2.45, 2.75) is 6.42 Å². The first kappa shape index (κ1) is 12.5. The Balaban J connectivity index is 1.97. The molecule has 0 aliphatic carbocycles. The molecule has 1 heterocycles. The smallest absolute Gasteiger partial charge is 0.260 e. The van der Waals surface area contributed by atoms with E-state index < -0.39 is 0 Å². The van der Waals surface area contributed by atoms with Gasteiger partial charge in [0.1, 0.15) is 5.75 Å². The van der Waals surface area contributed by atoms with Gasteiger partial charge >= 0.3 is 0 Å². The summed E-state index contributed by atoms with van der Waals surface area (Å²) in [6.07, 6.45) is 0.818. The zero-order chi connectivity index (χ0) is 14.1. The summed E-state index contributed by atoms with van der Waals surface area (Å²) < 4.78 is 5.14. The van der Waals surface area contributed by atoms with E-state index in [4.69, 9.17) is 10.5 Å². The van der Waals surface area contributed by atoms with Crippen LogP contribution in [-0.2, 0) is 6.42 Å². The molecule has 1 amide bonds. The summed E-state index contributed by atoms with van der Waals surface area (Å²) >= 11 is 0. The van der Waals surface area contributed by atoms with Crippen LogP contribution in [0.4, 0.5) is 11.4 Å². The highest BCUT2D eigenvalue weighted by Crippen LogP contribution is 2.28. The van der Waals surface area contributed by atoms with Crippen LogP contribution < -0.4 is 15.4 Å². The highest BCUT2D eigenvalue weighted by Gasteiger charge is 2.27. The van der Waals surface area contributed by atoms with Crippen molar-refractivity contribution < 1.29 is 9.53 Å². The van der Waals surface area contributed by atoms with Gasteiger partial charge in [-0.2, -0.15) is 0 Å². The molecule has 0 aromatic heterocycles. The second-order valence-electron chi connectivity index (χ2n) is 4.79. The van der Waals surface area contributed by atoms with E-state index in [1.54, 1.807) is 18.1 Å². The molecular formula is C16H16N2O2. The largest absolute Gasteiger partial charge is 0.497 e. The van der Waals surface area contributed by atoms with E-state index in [2.05, 4.69) is 0 Å². The molecule has 0 atom stereocenters. The van der Waals surface area contributed by atoms with Gasteiger partial charge in [0.25, 0.3) is 5.91 Å². The van der Waals surface area contributed by atoms with E-state index >= 15 is 0 Å². The van der Waals surface area contributed by atoms with Crippen molar-refractivity contribution in [3.63, 3.8) is 0 Å². The maximum absolute atomic E-state index is 12.6. The number of nitrogens with two attached hydrogens (primary N) is 1. The third kappa shape index (κ3) is 1.99. The summed E-state index contributed by atoms with van der Waals surface area (Å²) in [6, 6.07) is 13.1. The predicted octanol–water partition coefficient (Wildman–Crippen LogP) is 2.48. The molecule has 0 unspecified atom stereocenters. The van der Waals surface area contributed by atoms with E-state index in [1.165, 1.54) is 0 Å². The SMILES string of the molecule is COc1ccc(N2CCc3cccc(N)c3C2=O)cc1. The van der Waals surface area contributed by atoms with Gasteiger partial charge in [-0.1, -0.05) is 12.1 Å². The Morgan fingerprint density at radius 1 is 1.15 bits per heavy atom. The van der Waals surface area contributed by atoms with Gasteiger partial charge in [0.2, 0.25) is 0 Å². The number of carbonyl (C=O) groups excluding carboxylic acids is 1. The predicted molar refractivity (Wildman–Crippen MR) is 79.2 cm³/mol. The van der Waals surface area contributed by atoms with Crippen molar-refractivity contribution in [2.24, 2.45) is 0 Å². The summed E-state index contributed by atoms with van der Waals surface area (Å²) in [7, 11) is 1.62. The Kier molecular flexibility index (Phi) is 3.06. The fourth-order valence-electron chi connectivity index (χ4n) is 2.57. The zero-order valence-corrected chi connectivity index (χ0v) is 11.3. The van der Waals surface area contributed by atoms with Crippen LogP contribution in [0.5, 0.6) is 5.75 Å². The van der Waals surface area contributed by atoms with Crippen molar-refractivity contribution >= 4 is 17.3 Å². The van der Waals surface area contributed by atoms with Crippen LogP contribution in [0, 0.1) is 0 Å². The van der Waals surface area contributed by atoms with Crippen molar-refractivity contribution in [1.29, 1.82) is 0 Å². The first-order valence-corrected chi connectivity index (χ1v) is 6.54. The molecule has 0 fully saturated rings. The summed E-state index contributed by atoms with van der Waals surface area (Å²) in [5, 5.41) is 0. The van der Waals surface area contributed by atoms with E-state index in [0.717, 1.165) is 23.4 Å². The number of benzene rings is 2. The molecule has 1 aliphatic rings. The maximum atomic E-state index is 12.6. The first-order chi connectivity index (χ1) is 9.70. The maximum Gasteiger partial charge on any atom is 0.260 e. The molecular weight excluding hydrogens is 252 g/mol. The van der Waals surface area contributed by atoms with Crippen LogP contribution in [0.1, 0.15) is 15.9 Å². The van der Waals surface area contributed by atoms with Crippen LogP contribution in [0.3, 0.4) is 0 Å². The van der Waals surface area contributed by atoms with E-state index in [0.29, 0.717) is 17.8 Å². The lowest BCUT2D eigenvalue weighted by molar-refractivity contribution is 0.0981. The van der Waals surface area contributed by atoms with Crippen molar-refractivity contribution in [3.8, 4) is 5.75 Å². The van der Waals surface area contributed by atoms with Crippen molar-refractivity contribution in [1.82, 2.24) is 0 Å². The number of rotatable bonds is 2. The Morgan fingerprint density at radius 2 is 1.90 bits per heavy atom. The lowest BCUT2D eigenvalue weighted by Gasteiger charge is -2.29. The highest BCUT2D eigenvalue weighted by molar-refractivity contribution is 6.11. The molecule has 4 heteroatoms. The fourth-order valence-corrected chi connectivity index (χ4v) is 2.57. The fraction of sp³-hybridized carbons (Fsp3) is 0.188. The Hall–Kier alpha value is -2.49. The van der Waals surface area contributed by atoms with Gasteiger partial charge in [0.05, 0.1) is 12.7 Å². The van der Waals surface area contributed by atoms with Crippen molar-refractivity contribution in [2.75, 3.05) is 24.3 Å². The van der Waals surface area contributed by atoms with Gasteiger partial charge in [-0.05, 0) is 42.3 Å². The lowest BCUT2D eigenvalue weighted by atomic mass is 9.97. The quantitative estimate of drug-likeness (QED) is 0.851. The Bertz CT molecular complexity index is 650. The number of ether oxygens (including phenoxy) is 1. The highest BCUT2D eigenvalue weighted by atomic mass is 16.5. The van der Waals surface area contributed by atoms with Gasteiger partial charge in [-0.3, -0.25) is 4.79 Å². The Morgan fingerprint density at radius 3 is 2.60 bits per heavy atom. The van der Waals surface area contributed by atoms with Crippen LogP contribution in [0.15, 0.2) is 42.5 Å². The third-order valence-electron chi connectivity index (χ3n) is 3.63. The van der Waals surface area contributed by atoms with Gasteiger partial charge in [-0.25, -0.2) is 0 Å². The molecule has 0 spiro atoms. The van der Waals surface area contributed by atoms with E-state index in [9.17, 15) is 4.79 Å². The summed E-state index contributed by atoms with van der Waals surface area (Å²) in [6.45, 7) is 0.668. The average Bonchev–Trinajstić information content (AvgIpc) is 2.48. The van der Waals surface area contributed by atoms with E-state index in [1.807, 2.05) is 36.4 Å². The second-order valence-corrected chi connectivity index (χ2v) is 4.79. The molecule has 20 heavy (non-hydrogen) atoms. The summed E-state index contributed by atoms with van der Waals surface area (Å²) in [5.41, 5.74) is 9.02. The third-order valence-corrected chi connectivity index (χ3v) is 3.63. The molecule has 0 saturated heterocycles. The molecule has 2 N–H and O–H groups in total. The first-order valence-electron chi connectivity index (χ1n) is 6.54. The summed E-state index contributed by atoms with van der Waals surface area (Å²) in [5.74, 6) is 0.743. The number of hydrogen-bond acceptors (Lipinski definition) is 3. The number of nitrogens with zero attached hydrogens (tertiary/aromatic N) is 1. The minimum Gasteiger partial charge on any atom is -0.497 e. The van der Waals surface area contributed by atoms with Gasteiger partial charge in [0, 0.05) is 17.9 Å². The lowest BCUT2D eigenvalue weighted by Crippen LogP contribution is -2.38. The van der Waals surface area contributed by atoms with E-state index in [-0.39, 0.29) is 5.91 Å². The standard InChI is InChI=1S/C16H16N2O2/c1-20-13-7-5-12(6-8-13)18-10-9-11-3-2-4-14(17)15(11)16(18)19/h2-8H,9-10,17H2,1H3. The van der Waals surface area contributed by atoms with Gasteiger partial charge in [-0.15, -0.1) is 0 Å². The second kappa shape index (κ2) is 4.89. The van der Waals surface area contributed by atoms with Crippen LogP contribution >= 0.6 is 0 Å². The molecule has 1 aliphatic heterocycles. The molecule has 2 aromatic rings. The number of anilines is 2. The number of hydrogen-bond donors (Lipinski definition) is 1. The number of amides is 1. The van der Waals surface area contributed by atoms with Gasteiger partial charge in [0.15, 0.2) is 0 Å². The molecule has 0 radical (unpaired) electrons. The Labute approximate surface area is 117 Å². The molecule has 2 aromatic carbocycles. The van der Waals surface area contributed by atoms with Crippen LogP contribution in [0.25, 0.3) is 0 Å². The summed E-state index contributed by atoms with van der Waals surface area (Å²) in [4.78, 5) is 14.4. The average molecular weight is 268 g/mol. The number of carbonyl (C=O) groups is 1. The topological polar surface area (TPSA) is 55.6 Å². The zero-order valence-electron chi connectivity index (χ0n) is 11.3. The van der Waals surface area contributed by atoms with Gasteiger partial charge < -0.3 is 15.4 Å². The van der Waals surface area contributed by atoms with Crippen LogP contribution in [0.2, 0.25) is 0 Å². The molecule has 102 valence electrons. The molecule has 0 saturated carbocycles. The van der Waals surface area contributed by atoms with Crippen molar-refractivity contribution in [3.05, 3.63) is 53.6 Å². The molecule has 0 bridgehead atoms. The normalized spacial score (nSPS) is 14.1.